The standard InChI is InChI=1S/C17H11BrO2/c18-15-9-5-4-8-13(15)10-14-11-16(20-17(14)19)12-6-2-1-3-7-12/h1-11H/b14-10+. The molecule has 3 heteroatoms. The van der Waals surface area contributed by atoms with Gasteiger partial charge in [0.05, 0.1) is 5.57 Å². The first-order valence-electron chi connectivity index (χ1n) is 6.19. The number of carbonyl (C=O) groups is 1. The lowest BCUT2D eigenvalue weighted by atomic mass is 10.1. The SMILES string of the molecule is O=C1OC(c2ccccc2)=C/C1=C\c1ccccc1Br. The van der Waals surface area contributed by atoms with Crippen molar-refractivity contribution in [2.24, 2.45) is 0 Å². The van der Waals surface area contributed by atoms with E-state index in [-0.39, 0.29) is 5.97 Å². The first-order chi connectivity index (χ1) is 9.74. The lowest BCUT2D eigenvalue weighted by molar-refractivity contribution is -0.130. The molecule has 0 aromatic heterocycles. The Morgan fingerprint density at radius 2 is 1.65 bits per heavy atom. The molecule has 0 radical (unpaired) electrons. The fourth-order valence-electron chi connectivity index (χ4n) is 1.99. The van der Waals surface area contributed by atoms with Crippen LogP contribution in [0.4, 0.5) is 0 Å². The molecular weight excluding hydrogens is 316 g/mol. The first-order valence-corrected chi connectivity index (χ1v) is 6.99. The van der Waals surface area contributed by atoms with Crippen LogP contribution in [0.15, 0.2) is 70.7 Å². The molecule has 0 saturated heterocycles. The molecule has 0 aliphatic carbocycles. The highest BCUT2D eigenvalue weighted by atomic mass is 79.9. The zero-order valence-corrected chi connectivity index (χ0v) is 12.1. The number of benzene rings is 2. The minimum absolute atomic E-state index is 0.320. The monoisotopic (exact) mass is 326 g/mol. The third-order valence-corrected chi connectivity index (χ3v) is 3.72. The van der Waals surface area contributed by atoms with Crippen molar-refractivity contribution < 1.29 is 9.53 Å². The molecule has 0 atom stereocenters. The summed E-state index contributed by atoms with van der Waals surface area (Å²) in [5.74, 6) is 0.272. The van der Waals surface area contributed by atoms with Gasteiger partial charge in [-0.15, -0.1) is 0 Å². The van der Waals surface area contributed by atoms with Crippen molar-refractivity contribution in [3.8, 4) is 0 Å². The van der Waals surface area contributed by atoms with Crippen LogP contribution in [-0.4, -0.2) is 5.97 Å². The molecule has 0 fully saturated rings. The second-order valence-corrected chi connectivity index (χ2v) is 5.24. The molecule has 0 amide bonds. The Hall–Kier alpha value is -2.13. The Labute approximate surface area is 125 Å². The predicted octanol–water partition coefficient (Wildman–Crippen LogP) is 4.43. The Kier molecular flexibility index (Phi) is 3.52. The minimum Gasteiger partial charge on any atom is -0.422 e. The van der Waals surface area contributed by atoms with Crippen molar-refractivity contribution in [1.82, 2.24) is 0 Å². The Morgan fingerprint density at radius 1 is 0.950 bits per heavy atom. The van der Waals surface area contributed by atoms with Crippen LogP contribution in [0.2, 0.25) is 0 Å². The molecule has 2 aromatic carbocycles. The molecule has 20 heavy (non-hydrogen) atoms. The maximum atomic E-state index is 11.9. The first kappa shape index (κ1) is 12.9. The molecule has 1 aliphatic rings. The number of rotatable bonds is 2. The van der Waals surface area contributed by atoms with E-state index in [4.69, 9.17) is 4.74 Å². The number of halogens is 1. The van der Waals surface area contributed by atoms with E-state index in [0.29, 0.717) is 11.3 Å². The molecule has 0 bridgehead atoms. The summed E-state index contributed by atoms with van der Waals surface area (Å²) in [4.78, 5) is 11.9. The molecule has 0 N–H and O–H groups in total. The maximum absolute atomic E-state index is 11.9. The number of esters is 1. The predicted molar refractivity (Wildman–Crippen MR) is 82.6 cm³/mol. The summed E-state index contributed by atoms with van der Waals surface area (Å²) in [6, 6.07) is 17.3. The van der Waals surface area contributed by atoms with Crippen molar-refractivity contribution in [3.05, 3.63) is 81.8 Å². The molecule has 1 heterocycles. The Bertz CT molecular complexity index is 715. The van der Waals surface area contributed by atoms with Crippen LogP contribution >= 0.6 is 15.9 Å². The van der Waals surface area contributed by atoms with E-state index in [9.17, 15) is 4.79 Å². The van der Waals surface area contributed by atoms with Gasteiger partial charge in [-0.1, -0.05) is 64.5 Å². The summed E-state index contributed by atoms with van der Waals surface area (Å²) in [5, 5.41) is 0. The van der Waals surface area contributed by atoms with Crippen molar-refractivity contribution in [2.45, 2.75) is 0 Å². The van der Waals surface area contributed by atoms with Gasteiger partial charge in [0.1, 0.15) is 5.76 Å². The number of carbonyl (C=O) groups excluding carboxylic acids is 1. The fourth-order valence-corrected chi connectivity index (χ4v) is 2.39. The van der Waals surface area contributed by atoms with E-state index in [0.717, 1.165) is 15.6 Å². The summed E-state index contributed by atoms with van der Waals surface area (Å²) < 4.78 is 6.26. The lowest BCUT2D eigenvalue weighted by Crippen LogP contribution is -1.97. The van der Waals surface area contributed by atoms with Crippen LogP contribution in [0.5, 0.6) is 0 Å². The third kappa shape index (κ3) is 2.58. The second kappa shape index (κ2) is 5.47. The van der Waals surface area contributed by atoms with Crippen LogP contribution in [-0.2, 0) is 9.53 Å². The molecule has 0 saturated carbocycles. The fraction of sp³-hybridized carbons (Fsp3) is 0. The van der Waals surface area contributed by atoms with E-state index in [1.54, 1.807) is 6.08 Å². The average molecular weight is 327 g/mol. The van der Waals surface area contributed by atoms with Crippen LogP contribution in [0.25, 0.3) is 11.8 Å². The summed E-state index contributed by atoms with van der Waals surface area (Å²) in [5.41, 5.74) is 2.40. The van der Waals surface area contributed by atoms with Crippen LogP contribution in [0.1, 0.15) is 11.1 Å². The summed E-state index contributed by atoms with van der Waals surface area (Å²) in [7, 11) is 0. The normalized spacial score (nSPS) is 16.1. The van der Waals surface area contributed by atoms with E-state index in [2.05, 4.69) is 15.9 Å². The van der Waals surface area contributed by atoms with E-state index in [1.807, 2.05) is 60.7 Å². The molecule has 1 aliphatic heterocycles. The summed E-state index contributed by atoms with van der Waals surface area (Å²) in [6.45, 7) is 0. The maximum Gasteiger partial charge on any atom is 0.343 e. The highest BCUT2D eigenvalue weighted by molar-refractivity contribution is 9.10. The van der Waals surface area contributed by atoms with E-state index >= 15 is 0 Å². The number of hydrogen-bond donors (Lipinski definition) is 0. The van der Waals surface area contributed by atoms with Gasteiger partial charge >= 0.3 is 5.97 Å². The smallest absolute Gasteiger partial charge is 0.343 e. The quantitative estimate of drug-likeness (QED) is 0.602. The van der Waals surface area contributed by atoms with Gasteiger partial charge in [0.15, 0.2) is 0 Å². The summed E-state index contributed by atoms with van der Waals surface area (Å²) >= 11 is 3.47. The average Bonchev–Trinajstić information content (AvgIpc) is 2.84. The van der Waals surface area contributed by atoms with Crippen LogP contribution in [0, 0.1) is 0 Å². The third-order valence-electron chi connectivity index (χ3n) is 3.00. The van der Waals surface area contributed by atoms with Crippen molar-refractivity contribution >= 4 is 33.7 Å². The Morgan fingerprint density at radius 3 is 2.40 bits per heavy atom. The van der Waals surface area contributed by atoms with Crippen molar-refractivity contribution in [3.63, 3.8) is 0 Å². The summed E-state index contributed by atoms with van der Waals surface area (Å²) in [6.07, 6.45) is 3.60. The number of ether oxygens (including phenoxy) is 1. The van der Waals surface area contributed by atoms with Crippen LogP contribution < -0.4 is 0 Å². The lowest BCUT2D eigenvalue weighted by Gasteiger charge is -2.00. The van der Waals surface area contributed by atoms with Gasteiger partial charge in [-0.2, -0.15) is 0 Å². The van der Waals surface area contributed by atoms with Crippen molar-refractivity contribution in [1.29, 1.82) is 0 Å². The second-order valence-electron chi connectivity index (χ2n) is 4.39. The minimum atomic E-state index is -0.320. The number of hydrogen-bond acceptors (Lipinski definition) is 2. The van der Waals surface area contributed by atoms with Gasteiger partial charge in [0, 0.05) is 10.0 Å². The number of cyclic esters (lactones) is 1. The van der Waals surface area contributed by atoms with Gasteiger partial charge in [-0.3, -0.25) is 0 Å². The van der Waals surface area contributed by atoms with Gasteiger partial charge in [-0.05, 0) is 23.8 Å². The highest BCUT2D eigenvalue weighted by Gasteiger charge is 2.21. The van der Waals surface area contributed by atoms with E-state index in [1.165, 1.54) is 0 Å². The molecule has 98 valence electrons. The molecular formula is C17H11BrO2. The highest BCUT2D eigenvalue weighted by Crippen LogP contribution is 2.28. The largest absolute Gasteiger partial charge is 0.422 e. The molecule has 0 spiro atoms. The van der Waals surface area contributed by atoms with Gasteiger partial charge in [0.25, 0.3) is 0 Å². The van der Waals surface area contributed by atoms with Crippen LogP contribution in [0.3, 0.4) is 0 Å². The zero-order chi connectivity index (χ0) is 13.9. The Balaban J connectivity index is 1.97. The topological polar surface area (TPSA) is 26.3 Å². The van der Waals surface area contributed by atoms with Gasteiger partial charge < -0.3 is 4.74 Å². The molecule has 0 unspecified atom stereocenters. The van der Waals surface area contributed by atoms with Gasteiger partial charge in [-0.25, -0.2) is 4.79 Å². The molecule has 2 aromatic rings. The van der Waals surface area contributed by atoms with Gasteiger partial charge in [0.2, 0.25) is 0 Å². The van der Waals surface area contributed by atoms with E-state index < -0.39 is 0 Å². The molecule has 3 rings (SSSR count). The zero-order valence-electron chi connectivity index (χ0n) is 10.5. The van der Waals surface area contributed by atoms with Crippen molar-refractivity contribution in [2.75, 3.05) is 0 Å². The molecule has 2 nitrogen and oxygen atoms in total.